The SMILES string of the molecule is CN(Cc1cccc(C#N)c1)C1(CC(=O)O)CCCCC1. The molecule has 0 atom stereocenters. The second kappa shape index (κ2) is 6.73. The molecule has 1 aliphatic carbocycles. The summed E-state index contributed by atoms with van der Waals surface area (Å²) in [6, 6.07) is 9.70. The zero-order valence-electron chi connectivity index (χ0n) is 12.5. The summed E-state index contributed by atoms with van der Waals surface area (Å²) in [5, 5.41) is 18.2. The van der Waals surface area contributed by atoms with E-state index in [2.05, 4.69) is 11.0 Å². The lowest BCUT2D eigenvalue weighted by molar-refractivity contribution is -0.141. The molecule has 0 spiro atoms. The molecule has 1 N–H and O–H groups in total. The predicted octanol–water partition coefficient (Wildman–Crippen LogP) is 3.17. The first-order valence-corrected chi connectivity index (χ1v) is 7.48. The normalized spacial score (nSPS) is 17.4. The number of hydrogen-bond donors (Lipinski definition) is 1. The average Bonchev–Trinajstić information content (AvgIpc) is 2.47. The lowest BCUT2D eigenvalue weighted by Gasteiger charge is -2.44. The Hall–Kier alpha value is -1.86. The smallest absolute Gasteiger partial charge is 0.305 e. The van der Waals surface area contributed by atoms with E-state index in [1.54, 1.807) is 6.07 Å². The van der Waals surface area contributed by atoms with Gasteiger partial charge in [-0.3, -0.25) is 9.69 Å². The van der Waals surface area contributed by atoms with Gasteiger partial charge in [0.15, 0.2) is 0 Å². The molecule has 0 bridgehead atoms. The van der Waals surface area contributed by atoms with E-state index < -0.39 is 5.97 Å². The molecule has 4 heteroatoms. The third kappa shape index (κ3) is 3.83. The van der Waals surface area contributed by atoms with E-state index in [0.717, 1.165) is 31.2 Å². The van der Waals surface area contributed by atoms with Gasteiger partial charge in [0.05, 0.1) is 18.1 Å². The molecule has 0 heterocycles. The van der Waals surface area contributed by atoms with Crippen LogP contribution in [0.25, 0.3) is 0 Å². The van der Waals surface area contributed by atoms with Crippen LogP contribution in [0, 0.1) is 11.3 Å². The quantitative estimate of drug-likeness (QED) is 0.903. The summed E-state index contributed by atoms with van der Waals surface area (Å²) in [5.74, 6) is -0.727. The lowest BCUT2D eigenvalue weighted by atomic mass is 9.78. The summed E-state index contributed by atoms with van der Waals surface area (Å²) in [4.78, 5) is 13.4. The van der Waals surface area contributed by atoms with Crippen LogP contribution in [0.2, 0.25) is 0 Å². The van der Waals surface area contributed by atoms with Gasteiger partial charge in [-0.05, 0) is 37.6 Å². The molecule has 0 aromatic heterocycles. The highest BCUT2D eigenvalue weighted by atomic mass is 16.4. The number of benzene rings is 1. The highest BCUT2D eigenvalue weighted by Crippen LogP contribution is 2.36. The van der Waals surface area contributed by atoms with Crippen LogP contribution in [0.3, 0.4) is 0 Å². The van der Waals surface area contributed by atoms with E-state index in [-0.39, 0.29) is 12.0 Å². The van der Waals surface area contributed by atoms with E-state index in [0.29, 0.717) is 12.1 Å². The Kier molecular flexibility index (Phi) is 4.98. The minimum Gasteiger partial charge on any atom is -0.481 e. The molecule has 0 unspecified atom stereocenters. The van der Waals surface area contributed by atoms with Gasteiger partial charge in [0.25, 0.3) is 0 Å². The molecule has 1 aromatic carbocycles. The standard InChI is InChI=1S/C17H22N2O2/c1-19(13-15-7-5-6-14(10-15)12-18)17(11-16(20)21)8-3-2-4-9-17/h5-7,10H,2-4,8-9,11,13H2,1H3,(H,20,21). The first-order chi connectivity index (χ1) is 10.1. The van der Waals surface area contributed by atoms with Gasteiger partial charge >= 0.3 is 5.97 Å². The number of nitrogens with zero attached hydrogens (tertiary/aromatic N) is 2. The van der Waals surface area contributed by atoms with E-state index >= 15 is 0 Å². The summed E-state index contributed by atoms with van der Waals surface area (Å²) in [6.07, 6.45) is 5.45. The van der Waals surface area contributed by atoms with Crippen molar-refractivity contribution in [3.63, 3.8) is 0 Å². The number of nitriles is 1. The molecule has 1 aliphatic rings. The van der Waals surface area contributed by atoms with Crippen LogP contribution in [0.5, 0.6) is 0 Å². The fraction of sp³-hybridized carbons (Fsp3) is 0.529. The Labute approximate surface area is 126 Å². The molecular formula is C17H22N2O2. The van der Waals surface area contributed by atoms with Crippen molar-refractivity contribution in [3.05, 3.63) is 35.4 Å². The van der Waals surface area contributed by atoms with Crippen molar-refractivity contribution in [2.75, 3.05) is 7.05 Å². The Balaban J connectivity index is 2.16. The van der Waals surface area contributed by atoms with Gasteiger partial charge in [0, 0.05) is 12.1 Å². The van der Waals surface area contributed by atoms with Crippen molar-refractivity contribution >= 4 is 5.97 Å². The minimum atomic E-state index is -0.727. The Morgan fingerprint density at radius 1 is 1.38 bits per heavy atom. The number of hydrogen-bond acceptors (Lipinski definition) is 3. The van der Waals surface area contributed by atoms with Gasteiger partial charge in [0.1, 0.15) is 0 Å². The van der Waals surface area contributed by atoms with Crippen molar-refractivity contribution in [1.82, 2.24) is 4.90 Å². The van der Waals surface area contributed by atoms with Crippen molar-refractivity contribution in [1.29, 1.82) is 5.26 Å². The maximum Gasteiger partial charge on any atom is 0.305 e. The van der Waals surface area contributed by atoms with Gasteiger partial charge in [-0.25, -0.2) is 0 Å². The summed E-state index contributed by atoms with van der Waals surface area (Å²) in [6.45, 7) is 0.683. The zero-order chi connectivity index (χ0) is 15.3. The molecule has 4 nitrogen and oxygen atoms in total. The van der Waals surface area contributed by atoms with Gasteiger partial charge < -0.3 is 5.11 Å². The highest BCUT2D eigenvalue weighted by Gasteiger charge is 2.37. The molecule has 112 valence electrons. The summed E-state index contributed by atoms with van der Waals surface area (Å²) in [7, 11) is 2.01. The van der Waals surface area contributed by atoms with E-state index in [1.165, 1.54) is 6.42 Å². The van der Waals surface area contributed by atoms with Crippen LogP contribution >= 0.6 is 0 Å². The molecule has 0 aliphatic heterocycles. The number of carboxylic acids is 1. The highest BCUT2D eigenvalue weighted by molar-refractivity contribution is 5.68. The van der Waals surface area contributed by atoms with Gasteiger partial charge in [0.2, 0.25) is 0 Å². The van der Waals surface area contributed by atoms with Crippen molar-refractivity contribution in [2.24, 2.45) is 0 Å². The minimum absolute atomic E-state index is 0.196. The first kappa shape index (κ1) is 15.5. The van der Waals surface area contributed by atoms with E-state index in [1.807, 2.05) is 25.2 Å². The van der Waals surface area contributed by atoms with Crippen LogP contribution in [-0.2, 0) is 11.3 Å². The Bertz CT molecular complexity index is 542. The second-order valence-corrected chi connectivity index (χ2v) is 6.02. The number of carbonyl (C=O) groups is 1. The van der Waals surface area contributed by atoms with Crippen LogP contribution < -0.4 is 0 Å². The summed E-state index contributed by atoms with van der Waals surface area (Å²) < 4.78 is 0. The fourth-order valence-electron chi connectivity index (χ4n) is 3.37. The lowest BCUT2D eigenvalue weighted by Crippen LogP contribution is -2.49. The Morgan fingerprint density at radius 2 is 2.10 bits per heavy atom. The maximum atomic E-state index is 11.3. The zero-order valence-corrected chi connectivity index (χ0v) is 12.5. The van der Waals surface area contributed by atoms with Crippen LogP contribution in [0.1, 0.15) is 49.7 Å². The Morgan fingerprint density at radius 3 is 2.71 bits per heavy atom. The number of carboxylic acid groups (broad SMARTS) is 1. The van der Waals surface area contributed by atoms with Crippen LogP contribution in [-0.4, -0.2) is 28.6 Å². The van der Waals surface area contributed by atoms with Gasteiger partial charge in [-0.15, -0.1) is 0 Å². The average molecular weight is 286 g/mol. The largest absolute Gasteiger partial charge is 0.481 e. The first-order valence-electron chi connectivity index (χ1n) is 7.48. The fourth-order valence-corrected chi connectivity index (χ4v) is 3.37. The van der Waals surface area contributed by atoms with Crippen molar-refractivity contribution < 1.29 is 9.90 Å². The second-order valence-electron chi connectivity index (χ2n) is 6.02. The number of aliphatic carboxylic acids is 1. The van der Waals surface area contributed by atoms with Gasteiger partial charge in [-0.1, -0.05) is 31.4 Å². The molecule has 1 aromatic rings. The molecule has 1 fully saturated rings. The molecule has 1 saturated carbocycles. The summed E-state index contributed by atoms with van der Waals surface area (Å²) >= 11 is 0. The monoisotopic (exact) mass is 286 g/mol. The topological polar surface area (TPSA) is 64.3 Å². The molecule has 2 rings (SSSR count). The molecule has 21 heavy (non-hydrogen) atoms. The third-order valence-corrected chi connectivity index (χ3v) is 4.55. The van der Waals surface area contributed by atoms with Gasteiger partial charge in [-0.2, -0.15) is 5.26 Å². The van der Waals surface area contributed by atoms with Crippen molar-refractivity contribution in [3.8, 4) is 6.07 Å². The molecule has 0 amide bonds. The molecule has 0 radical (unpaired) electrons. The van der Waals surface area contributed by atoms with E-state index in [4.69, 9.17) is 5.26 Å². The van der Waals surface area contributed by atoms with E-state index in [9.17, 15) is 9.90 Å². The van der Waals surface area contributed by atoms with Crippen LogP contribution in [0.4, 0.5) is 0 Å². The predicted molar refractivity (Wildman–Crippen MR) is 80.7 cm³/mol. The maximum absolute atomic E-state index is 11.3. The van der Waals surface area contributed by atoms with Crippen LogP contribution in [0.15, 0.2) is 24.3 Å². The summed E-state index contributed by atoms with van der Waals surface area (Å²) in [5.41, 5.74) is 1.47. The molecule has 0 saturated heterocycles. The van der Waals surface area contributed by atoms with Crippen molar-refractivity contribution in [2.45, 2.75) is 50.6 Å². The third-order valence-electron chi connectivity index (χ3n) is 4.55. The number of rotatable bonds is 5. The molecular weight excluding hydrogens is 264 g/mol.